The van der Waals surface area contributed by atoms with E-state index in [2.05, 4.69) is 37.8 Å². The molecule has 0 bridgehead atoms. The van der Waals surface area contributed by atoms with Crippen LogP contribution in [0.15, 0.2) is 11.4 Å². The third-order valence-corrected chi connectivity index (χ3v) is 2.62. The Morgan fingerprint density at radius 2 is 2.00 bits per heavy atom. The average Bonchev–Trinajstić information content (AvgIpc) is 2.14. The minimum atomic E-state index is 0.963. The maximum atomic E-state index is 4.48. The Kier molecular flexibility index (Phi) is 8.02. The van der Waals surface area contributed by atoms with Crippen LogP contribution in [0, 0.1) is 0 Å². The van der Waals surface area contributed by atoms with Crippen molar-refractivity contribution >= 4 is 8.37 Å². The number of nitrogens with one attached hydrogen (secondary N) is 1. The first-order valence-corrected chi connectivity index (χ1v) is 6.07. The molecule has 1 N–H and O–H groups in total. The summed E-state index contributed by atoms with van der Waals surface area (Å²) < 4.78 is 3.32. The van der Waals surface area contributed by atoms with Gasteiger partial charge < -0.3 is 0 Å². The second kappa shape index (κ2) is 8.25. The van der Waals surface area contributed by atoms with Gasteiger partial charge in [0.15, 0.2) is 5.70 Å². The fourth-order valence-corrected chi connectivity index (χ4v) is 1.36. The number of unbranched alkanes of at least 4 members (excludes halogenated alkanes) is 1. The monoisotopic (exact) mass is 200 g/mol. The molecule has 0 rings (SSSR count). The number of hydrogen-bond donors (Lipinski definition) is 1. The van der Waals surface area contributed by atoms with Gasteiger partial charge in [0.2, 0.25) is 8.37 Å². The van der Waals surface area contributed by atoms with Crippen molar-refractivity contribution in [2.24, 2.45) is 0 Å². The van der Waals surface area contributed by atoms with Gasteiger partial charge in [0.1, 0.15) is 0 Å². The quantitative estimate of drug-likeness (QED) is 0.501. The second-order valence-electron chi connectivity index (χ2n) is 3.03. The number of hydrogen-bond acceptors (Lipinski definition) is 0. The standard InChI is InChI=1S/C10H20N2P/c1-5-7-8-11-9(3)10(4)12-13-6-2/h5-8H2,1-4H3/p+1. The van der Waals surface area contributed by atoms with Gasteiger partial charge in [-0.25, -0.2) is 0 Å². The van der Waals surface area contributed by atoms with Crippen LogP contribution in [0.2, 0.25) is 0 Å². The Morgan fingerprint density at radius 1 is 1.31 bits per heavy atom. The summed E-state index contributed by atoms with van der Waals surface area (Å²) >= 11 is 0. The highest BCUT2D eigenvalue weighted by molar-refractivity contribution is 7.23. The normalized spacial score (nSPS) is 13.2. The molecular formula is C10H21N2P+. The predicted octanol–water partition coefficient (Wildman–Crippen LogP) is 1.87. The minimum Gasteiger partial charge on any atom is -0.284 e. The van der Waals surface area contributed by atoms with Crippen molar-refractivity contribution in [3.63, 3.8) is 0 Å². The summed E-state index contributed by atoms with van der Waals surface area (Å²) in [7, 11) is 1.27. The molecule has 0 atom stereocenters. The fraction of sp³-hybridized carbons (Fsp3) is 0.800. The fourth-order valence-electron chi connectivity index (χ4n) is 0.802. The molecule has 0 aliphatic rings. The summed E-state index contributed by atoms with van der Waals surface area (Å²) in [5.41, 5.74) is 2.36. The van der Waals surface area contributed by atoms with Crippen LogP contribution in [0.5, 0.6) is 0 Å². The van der Waals surface area contributed by atoms with Crippen LogP contribution in [-0.2, 0) is 0 Å². The van der Waals surface area contributed by atoms with Crippen LogP contribution in [-0.4, -0.2) is 12.7 Å². The van der Waals surface area contributed by atoms with Crippen LogP contribution in [0.3, 0.4) is 0 Å². The summed E-state index contributed by atoms with van der Waals surface area (Å²) in [5.74, 6) is 0. The first-order valence-electron chi connectivity index (χ1n) is 4.99. The van der Waals surface area contributed by atoms with Crippen molar-refractivity contribution in [3.05, 3.63) is 11.4 Å². The predicted molar refractivity (Wildman–Crippen MR) is 58.7 cm³/mol. The molecule has 0 aromatic carbocycles. The van der Waals surface area contributed by atoms with E-state index < -0.39 is 0 Å². The van der Waals surface area contributed by atoms with E-state index >= 15 is 0 Å². The molecule has 0 fully saturated rings. The number of nitrogens with zero attached hydrogens (tertiary/aromatic N) is 1. The Labute approximate surface area is 83.7 Å². The summed E-state index contributed by atoms with van der Waals surface area (Å²) in [6.45, 7) is 9.47. The highest BCUT2D eigenvalue weighted by Crippen LogP contribution is 1.95. The first kappa shape index (κ1) is 12.6. The van der Waals surface area contributed by atoms with Gasteiger partial charge >= 0.3 is 0 Å². The lowest BCUT2D eigenvalue weighted by Crippen LogP contribution is -2.59. The van der Waals surface area contributed by atoms with Gasteiger partial charge in [-0.15, -0.1) is 0 Å². The minimum absolute atomic E-state index is 0.963. The van der Waals surface area contributed by atoms with Crippen LogP contribution < -0.4 is 10.1 Å². The SMILES string of the molecule is CCCC[N]C(C)=C(C)[NH+]=PCC. The maximum Gasteiger partial charge on any atom is 0.211 e. The molecule has 0 aliphatic carbocycles. The Bertz CT molecular complexity index is 185. The zero-order valence-corrected chi connectivity index (χ0v) is 10.1. The molecular weight excluding hydrogens is 179 g/mol. The van der Waals surface area contributed by atoms with Crippen molar-refractivity contribution in [2.75, 3.05) is 12.7 Å². The van der Waals surface area contributed by atoms with E-state index in [1.54, 1.807) is 0 Å². The Morgan fingerprint density at radius 3 is 2.54 bits per heavy atom. The molecule has 1 radical (unpaired) electrons. The molecule has 0 saturated heterocycles. The molecule has 0 spiro atoms. The van der Waals surface area contributed by atoms with Gasteiger partial charge in [-0.3, -0.25) is 5.32 Å². The van der Waals surface area contributed by atoms with Crippen molar-refractivity contribution < 1.29 is 4.74 Å². The van der Waals surface area contributed by atoms with E-state index in [1.165, 1.54) is 26.9 Å². The smallest absolute Gasteiger partial charge is 0.211 e. The lowest BCUT2D eigenvalue weighted by molar-refractivity contribution is -0.369. The highest BCUT2D eigenvalue weighted by Gasteiger charge is 2.00. The van der Waals surface area contributed by atoms with E-state index in [1.807, 2.05) is 0 Å². The van der Waals surface area contributed by atoms with Crippen molar-refractivity contribution in [3.8, 4) is 0 Å². The van der Waals surface area contributed by atoms with E-state index in [4.69, 9.17) is 0 Å². The van der Waals surface area contributed by atoms with Crippen LogP contribution in [0.25, 0.3) is 0 Å². The van der Waals surface area contributed by atoms with Gasteiger partial charge in [-0.1, -0.05) is 20.3 Å². The largest absolute Gasteiger partial charge is 0.284 e. The van der Waals surface area contributed by atoms with Crippen LogP contribution >= 0.6 is 8.37 Å². The average molecular weight is 200 g/mol. The van der Waals surface area contributed by atoms with Crippen LogP contribution in [0.4, 0.5) is 0 Å². The molecule has 0 unspecified atom stereocenters. The lowest BCUT2D eigenvalue weighted by atomic mass is 10.3. The topological polar surface area (TPSA) is 28.1 Å². The molecule has 13 heavy (non-hydrogen) atoms. The van der Waals surface area contributed by atoms with Gasteiger partial charge in [0, 0.05) is 19.6 Å². The van der Waals surface area contributed by atoms with E-state index in [9.17, 15) is 0 Å². The van der Waals surface area contributed by atoms with Crippen molar-refractivity contribution in [1.82, 2.24) is 5.32 Å². The third kappa shape index (κ3) is 6.77. The Balaban J connectivity index is 3.88. The van der Waals surface area contributed by atoms with Crippen molar-refractivity contribution in [1.29, 1.82) is 0 Å². The van der Waals surface area contributed by atoms with Gasteiger partial charge in [-0.2, -0.15) is 4.74 Å². The molecule has 0 aromatic rings. The van der Waals surface area contributed by atoms with Crippen molar-refractivity contribution in [2.45, 2.75) is 40.5 Å². The van der Waals surface area contributed by atoms with Gasteiger partial charge in [0.05, 0.1) is 5.70 Å². The maximum absolute atomic E-state index is 4.48. The molecule has 0 amide bonds. The Hall–Kier alpha value is -0.360. The summed E-state index contributed by atoms with van der Waals surface area (Å²) in [6, 6.07) is 0. The second-order valence-corrected chi connectivity index (χ2v) is 4.20. The molecule has 0 heterocycles. The molecule has 0 aromatic heterocycles. The van der Waals surface area contributed by atoms with Gasteiger partial charge in [0.25, 0.3) is 0 Å². The summed E-state index contributed by atoms with van der Waals surface area (Å²) in [5, 5.41) is 4.48. The molecule has 0 saturated carbocycles. The zero-order chi connectivity index (χ0) is 10.1. The highest BCUT2D eigenvalue weighted by atomic mass is 31.1. The number of rotatable bonds is 6. The first-order chi connectivity index (χ1) is 6.22. The molecule has 3 heteroatoms. The number of allylic oxidation sites excluding steroid dienone is 2. The van der Waals surface area contributed by atoms with E-state index in [-0.39, 0.29) is 0 Å². The van der Waals surface area contributed by atoms with Crippen LogP contribution in [0.1, 0.15) is 40.5 Å². The molecule has 2 nitrogen and oxygen atoms in total. The third-order valence-electron chi connectivity index (χ3n) is 1.81. The van der Waals surface area contributed by atoms with E-state index in [0.29, 0.717) is 0 Å². The summed E-state index contributed by atoms with van der Waals surface area (Å²) in [4.78, 5) is 0. The van der Waals surface area contributed by atoms with Gasteiger partial charge in [-0.05, 0) is 13.3 Å². The molecule has 0 aliphatic heterocycles. The molecule has 75 valence electrons. The zero-order valence-electron chi connectivity index (χ0n) is 9.22. The lowest BCUT2D eigenvalue weighted by Gasteiger charge is -2.00. The van der Waals surface area contributed by atoms with E-state index in [0.717, 1.165) is 18.4 Å². The summed E-state index contributed by atoms with van der Waals surface area (Å²) in [6.07, 6.45) is 3.55.